The average Bonchev–Trinajstić information content (AvgIpc) is 2.40. The van der Waals surface area contributed by atoms with Gasteiger partial charge in [-0.2, -0.15) is 0 Å². The highest BCUT2D eigenvalue weighted by Gasteiger charge is 2.69. The first-order chi connectivity index (χ1) is 10.4. The largest absolute Gasteiger partial charge is 0.472 e. The number of rotatable bonds is 6. The number of amides is 2. The molecular weight excluding hydrogens is 299 g/mol. The number of carbonyl (C=O) groups is 1. The van der Waals surface area contributed by atoms with Gasteiger partial charge in [-0.25, -0.2) is 22.9 Å². The fourth-order valence-electron chi connectivity index (χ4n) is 3.05. The van der Waals surface area contributed by atoms with Crippen LogP contribution in [0.1, 0.15) is 24.8 Å². The van der Waals surface area contributed by atoms with E-state index in [9.17, 15) is 18.0 Å². The van der Waals surface area contributed by atoms with Crippen molar-refractivity contribution < 1.29 is 22.7 Å². The molecular formula is C14H16F3N3O2. The Morgan fingerprint density at radius 2 is 2.14 bits per heavy atom. The molecule has 0 unspecified atom stereocenters. The summed E-state index contributed by atoms with van der Waals surface area (Å²) in [7, 11) is 0. The summed E-state index contributed by atoms with van der Waals surface area (Å²) in [5.41, 5.74) is -0.758. The van der Waals surface area contributed by atoms with Crippen LogP contribution in [-0.4, -0.2) is 35.3 Å². The maximum absolute atomic E-state index is 13.3. The second-order valence-electron chi connectivity index (χ2n) is 5.97. The van der Waals surface area contributed by atoms with E-state index in [1.165, 1.54) is 12.3 Å². The van der Waals surface area contributed by atoms with Gasteiger partial charge in [0.15, 0.2) is 6.61 Å². The molecule has 1 aromatic rings. The first-order valence-corrected chi connectivity index (χ1v) is 6.99. The molecule has 2 amide bonds. The van der Waals surface area contributed by atoms with Gasteiger partial charge >= 0.3 is 6.03 Å². The number of carbonyl (C=O) groups excluding carboxylic acids is 1. The van der Waals surface area contributed by atoms with E-state index in [1.54, 1.807) is 6.07 Å². The van der Waals surface area contributed by atoms with Crippen LogP contribution in [-0.2, 0) is 6.54 Å². The predicted octanol–water partition coefficient (Wildman–Crippen LogP) is 2.17. The molecule has 120 valence electrons. The van der Waals surface area contributed by atoms with Gasteiger partial charge in [0.1, 0.15) is 5.67 Å². The lowest BCUT2D eigenvalue weighted by Gasteiger charge is -2.65. The number of halogens is 3. The minimum atomic E-state index is -2.57. The first kappa shape index (κ1) is 14.9. The van der Waals surface area contributed by atoms with Crippen LogP contribution >= 0.6 is 0 Å². The second kappa shape index (κ2) is 5.33. The monoisotopic (exact) mass is 315 g/mol. The molecule has 2 N–H and O–H groups in total. The first-order valence-electron chi connectivity index (χ1n) is 6.99. The van der Waals surface area contributed by atoms with Crippen molar-refractivity contribution in [1.29, 1.82) is 0 Å². The van der Waals surface area contributed by atoms with Gasteiger partial charge in [-0.1, -0.05) is 0 Å². The topological polar surface area (TPSA) is 63.2 Å². The highest BCUT2D eigenvalue weighted by atomic mass is 19.3. The molecule has 2 bridgehead atoms. The van der Waals surface area contributed by atoms with Crippen molar-refractivity contribution in [2.45, 2.75) is 43.4 Å². The molecule has 0 aliphatic heterocycles. The molecule has 22 heavy (non-hydrogen) atoms. The molecule has 4 rings (SSSR count). The number of nitrogens with one attached hydrogen (secondary N) is 2. The van der Waals surface area contributed by atoms with Crippen molar-refractivity contribution >= 4 is 6.03 Å². The number of aromatic nitrogens is 1. The molecule has 3 fully saturated rings. The predicted molar refractivity (Wildman–Crippen MR) is 71.5 cm³/mol. The van der Waals surface area contributed by atoms with Crippen LogP contribution in [0.4, 0.5) is 18.0 Å². The van der Waals surface area contributed by atoms with Crippen molar-refractivity contribution in [2.24, 2.45) is 0 Å². The standard InChI is InChI=1S/C14H16F3N3O2/c15-10(16)5-22-11-3-9(1-2-18-11)4-19-12(21)20-14-6-13(17,7-14)8-14/h1-3,10H,4-8H2,(H2,19,20,21). The van der Waals surface area contributed by atoms with Gasteiger partial charge in [0.25, 0.3) is 6.43 Å². The van der Waals surface area contributed by atoms with E-state index in [4.69, 9.17) is 4.74 Å². The lowest BCUT2D eigenvalue weighted by molar-refractivity contribution is -0.162. The summed E-state index contributed by atoms with van der Waals surface area (Å²) in [4.78, 5) is 15.6. The van der Waals surface area contributed by atoms with Crippen LogP contribution in [0.2, 0.25) is 0 Å². The molecule has 3 aliphatic carbocycles. The molecule has 0 saturated heterocycles. The molecule has 1 heterocycles. The van der Waals surface area contributed by atoms with E-state index >= 15 is 0 Å². The molecule has 3 aliphatic rings. The molecule has 5 nitrogen and oxygen atoms in total. The summed E-state index contributed by atoms with van der Waals surface area (Å²) in [6.45, 7) is -0.520. The van der Waals surface area contributed by atoms with Crippen molar-refractivity contribution in [3.63, 3.8) is 0 Å². The summed E-state index contributed by atoms with van der Waals surface area (Å²) in [6.07, 6.45) is 0.00170. The van der Waals surface area contributed by atoms with Gasteiger partial charge in [-0.3, -0.25) is 0 Å². The fraction of sp³-hybridized carbons (Fsp3) is 0.571. The smallest absolute Gasteiger partial charge is 0.315 e. The van der Waals surface area contributed by atoms with Gasteiger partial charge in [-0.05, 0) is 11.6 Å². The van der Waals surface area contributed by atoms with Crippen LogP contribution in [0.15, 0.2) is 18.3 Å². The Labute approximate surface area is 125 Å². The normalized spacial score (nSPS) is 28.5. The number of alkyl halides is 3. The Morgan fingerprint density at radius 1 is 1.41 bits per heavy atom. The summed E-state index contributed by atoms with van der Waals surface area (Å²) in [5, 5.41) is 5.42. The Kier molecular flexibility index (Phi) is 3.62. The number of ether oxygens (including phenoxy) is 1. The Hall–Kier alpha value is -1.99. The van der Waals surface area contributed by atoms with Crippen LogP contribution in [0, 0.1) is 0 Å². The summed E-state index contributed by atoms with van der Waals surface area (Å²) in [5.74, 6) is 0.0822. The van der Waals surface area contributed by atoms with Gasteiger partial charge in [-0.15, -0.1) is 0 Å². The van der Waals surface area contributed by atoms with E-state index < -0.39 is 18.7 Å². The molecule has 0 spiro atoms. The zero-order valence-corrected chi connectivity index (χ0v) is 11.7. The molecule has 3 saturated carbocycles. The van der Waals surface area contributed by atoms with Crippen molar-refractivity contribution in [1.82, 2.24) is 15.6 Å². The van der Waals surface area contributed by atoms with Gasteiger partial charge in [0.2, 0.25) is 5.88 Å². The van der Waals surface area contributed by atoms with Crippen molar-refractivity contribution in [2.75, 3.05) is 6.61 Å². The fourth-order valence-corrected chi connectivity index (χ4v) is 3.05. The number of nitrogens with zero attached hydrogens (tertiary/aromatic N) is 1. The summed E-state index contributed by atoms with van der Waals surface area (Å²) < 4.78 is 42.3. The lowest BCUT2D eigenvalue weighted by Crippen LogP contribution is -2.77. The van der Waals surface area contributed by atoms with Crippen LogP contribution in [0.3, 0.4) is 0 Å². The minimum Gasteiger partial charge on any atom is -0.472 e. The van der Waals surface area contributed by atoms with E-state index in [0.717, 1.165) is 0 Å². The van der Waals surface area contributed by atoms with Crippen LogP contribution in [0.5, 0.6) is 5.88 Å². The number of hydrogen-bond donors (Lipinski definition) is 2. The van der Waals surface area contributed by atoms with E-state index in [0.29, 0.717) is 24.8 Å². The Balaban J connectivity index is 1.45. The third-order valence-electron chi connectivity index (χ3n) is 3.95. The van der Waals surface area contributed by atoms with Crippen LogP contribution in [0.25, 0.3) is 0 Å². The maximum atomic E-state index is 13.3. The molecule has 8 heteroatoms. The van der Waals surface area contributed by atoms with Gasteiger partial charge in [0.05, 0.1) is 5.54 Å². The zero-order chi connectivity index (χ0) is 15.8. The number of hydrogen-bond acceptors (Lipinski definition) is 3. The van der Waals surface area contributed by atoms with Crippen molar-refractivity contribution in [3.05, 3.63) is 23.9 Å². The Bertz CT molecular complexity index is 562. The van der Waals surface area contributed by atoms with Gasteiger partial charge in [0, 0.05) is 38.1 Å². The Morgan fingerprint density at radius 3 is 2.77 bits per heavy atom. The zero-order valence-electron chi connectivity index (χ0n) is 11.7. The maximum Gasteiger partial charge on any atom is 0.315 e. The van der Waals surface area contributed by atoms with E-state index in [-0.39, 0.29) is 24.0 Å². The minimum absolute atomic E-state index is 0.0822. The third kappa shape index (κ3) is 3.10. The SMILES string of the molecule is O=C(NCc1ccnc(OCC(F)F)c1)NC12CC(F)(C1)C2. The van der Waals surface area contributed by atoms with Gasteiger partial charge < -0.3 is 15.4 Å². The third-order valence-corrected chi connectivity index (χ3v) is 3.95. The van der Waals surface area contributed by atoms with E-state index in [2.05, 4.69) is 15.6 Å². The van der Waals surface area contributed by atoms with Crippen LogP contribution < -0.4 is 15.4 Å². The molecule has 0 atom stereocenters. The van der Waals surface area contributed by atoms with E-state index in [1.807, 2.05) is 0 Å². The number of pyridine rings is 1. The quantitative estimate of drug-likeness (QED) is 0.846. The number of urea groups is 1. The molecule has 1 aromatic heterocycles. The second-order valence-corrected chi connectivity index (χ2v) is 5.97. The molecule has 0 aromatic carbocycles. The molecule has 0 radical (unpaired) electrons. The summed E-state index contributed by atoms with van der Waals surface area (Å²) >= 11 is 0. The highest BCUT2D eigenvalue weighted by Crippen LogP contribution is 2.62. The lowest BCUT2D eigenvalue weighted by atomic mass is 9.47. The highest BCUT2D eigenvalue weighted by molar-refractivity contribution is 5.75. The average molecular weight is 315 g/mol. The summed E-state index contributed by atoms with van der Waals surface area (Å²) in [6, 6.07) is 2.77. The van der Waals surface area contributed by atoms with Crippen molar-refractivity contribution in [3.8, 4) is 5.88 Å².